The summed E-state index contributed by atoms with van der Waals surface area (Å²) in [5.74, 6) is 1.37. The molecule has 0 saturated carbocycles. The molecule has 0 bridgehead atoms. The zero-order chi connectivity index (χ0) is 20.1. The third-order valence-electron chi connectivity index (χ3n) is 5.07. The Hall–Kier alpha value is -2.59. The summed E-state index contributed by atoms with van der Waals surface area (Å²) in [6.45, 7) is 6.49. The van der Waals surface area contributed by atoms with Crippen LogP contribution in [0.2, 0.25) is 0 Å². The number of benzene rings is 2. The SMILES string of the molecule is CC(C)[C@H]1C=CCN1C(=O)c1ccc(-c2ccccc2OCCN(C)C)cc1. The Kier molecular flexibility index (Phi) is 6.53. The summed E-state index contributed by atoms with van der Waals surface area (Å²) < 4.78 is 5.98. The highest BCUT2D eigenvalue weighted by Gasteiger charge is 2.27. The van der Waals surface area contributed by atoms with Crippen molar-refractivity contribution in [3.8, 4) is 16.9 Å². The molecule has 4 nitrogen and oxygen atoms in total. The van der Waals surface area contributed by atoms with Crippen LogP contribution in [0.5, 0.6) is 5.75 Å². The molecule has 0 aliphatic carbocycles. The Morgan fingerprint density at radius 3 is 2.54 bits per heavy atom. The number of amides is 1. The second-order valence-electron chi connectivity index (χ2n) is 7.85. The van der Waals surface area contributed by atoms with Crippen LogP contribution in [0, 0.1) is 5.92 Å². The molecule has 0 saturated heterocycles. The molecule has 4 heteroatoms. The van der Waals surface area contributed by atoms with Crippen molar-refractivity contribution in [3.05, 3.63) is 66.2 Å². The Balaban J connectivity index is 1.75. The molecule has 1 aliphatic rings. The summed E-state index contributed by atoms with van der Waals surface area (Å²) in [6.07, 6.45) is 4.22. The van der Waals surface area contributed by atoms with E-state index in [1.54, 1.807) is 0 Å². The van der Waals surface area contributed by atoms with E-state index < -0.39 is 0 Å². The molecule has 148 valence electrons. The highest BCUT2D eigenvalue weighted by Crippen LogP contribution is 2.30. The van der Waals surface area contributed by atoms with Crippen LogP contribution in [-0.2, 0) is 0 Å². The summed E-state index contributed by atoms with van der Waals surface area (Å²) in [4.78, 5) is 17.0. The maximum absolute atomic E-state index is 12.9. The fourth-order valence-electron chi connectivity index (χ4n) is 3.47. The van der Waals surface area contributed by atoms with Crippen molar-refractivity contribution < 1.29 is 9.53 Å². The molecule has 0 spiro atoms. The topological polar surface area (TPSA) is 32.8 Å². The van der Waals surface area contributed by atoms with E-state index in [0.717, 1.165) is 29.0 Å². The summed E-state index contributed by atoms with van der Waals surface area (Å²) in [5, 5.41) is 0. The average Bonchev–Trinajstić information content (AvgIpc) is 3.18. The Morgan fingerprint density at radius 1 is 1.14 bits per heavy atom. The van der Waals surface area contributed by atoms with Crippen molar-refractivity contribution in [2.75, 3.05) is 33.8 Å². The monoisotopic (exact) mass is 378 g/mol. The molecule has 0 unspecified atom stereocenters. The minimum Gasteiger partial charge on any atom is -0.492 e. The molecule has 0 N–H and O–H groups in total. The number of ether oxygens (including phenoxy) is 1. The van der Waals surface area contributed by atoms with Crippen molar-refractivity contribution in [1.82, 2.24) is 9.80 Å². The molecule has 1 amide bonds. The Labute approximate surface area is 168 Å². The molecular formula is C24H30N2O2. The van der Waals surface area contributed by atoms with E-state index in [0.29, 0.717) is 19.1 Å². The smallest absolute Gasteiger partial charge is 0.254 e. The minimum atomic E-state index is 0.0887. The predicted octanol–water partition coefficient (Wildman–Crippen LogP) is 4.33. The van der Waals surface area contributed by atoms with E-state index in [9.17, 15) is 4.79 Å². The van der Waals surface area contributed by atoms with Crippen molar-refractivity contribution in [2.45, 2.75) is 19.9 Å². The second kappa shape index (κ2) is 9.07. The van der Waals surface area contributed by atoms with Gasteiger partial charge in [0.1, 0.15) is 12.4 Å². The Morgan fingerprint density at radius 2 is 1.86 bits per heavy atom. The van der Waals surface area contributed by atoms with E-state index in [2.05, 4.69) is 37.0 Å². The second-order valence-corrected chi connectivity index (χ2v) is 7.85. The minimum absolute atomic E-state index is 0.0887. The molecule has 1 aliphatic heterocycles. The molecular weight excluding hydrogens is 348 g/mol. The molecule has 28 heavy (non-hydrogen) atoms. The number of carbonyl (C=O) groups excluding carboxylic acids is 1. The predicted molar refractivity (Wildman–Crippen MR) is 115 cm³/mol. The van der Waals surface area contributed by atoms with Crippen molar-refractivity contribution in [2.24, 2.45) is 5.92 Å². The highest BCUT2D eigenvalue weighted by molar-refractivity contribution is 5.95. The van der Waals surface area contributed by atoms with Crippen LogP contribution in [-0.4, -0.2) is 55.5 Å². The van der Waals surface area contributed by atoms with Gasteiger partial charge in [-0.3, -0.25) is 4.79 Å². The molecule has 0 aromatic heterocycles. The van der Waals surface area contributed by atoms with Crippen molar-refractivity contribution >= 4 is 5.91 Å². The molecule has 2 aromatic carbocycles. The fraction of sp³-hybridized carbons (Fsp3) is 0.375. The van der Waals surface area contributed by atoms with Crippen LogP contribution in [0.4, 0.5) is 0 Å². The van der Waals surface area contributed by atoms with E-state index in [1.165, 1.54) is 0 Å². The maximum Gasteiger partial charge on any atom is 0.254 e. The van der Waals surface area contributed by atoms with Gasteiger partial charge in [-0.1, -0.05) is 56.3 Å². The molecule has 1 heterocycles. The lowest BCUT2D eigenvalue weighted by molar-refractivity contribution is 0.0720. The van der Waals surface area contributed by atoms with Crippen molar-refractivity contribution in [1.29, 1.82) is 0 Å². The summed E-state index contributed by atoms with van der Waals surface area (Å²) in [6, 6.07) is 16.1. The first-order chi connectivity index (χ1) is 13.5. The van der Waals surface area contributed by atoms with Crippen LogP contribution in [0.1, 0.15) is 24.2 Å². The number of hydrogen-bond acceptors (Lipinski definition) is 3. The van der Waals surface area contributed by atoms with Gasteiger partial charge in [-0.15, -0.1) is 0 Å². The van der Waals surface area contributed by atoms with E-state index in [-0.39, 0.29) is 11.9 Å². The van der Waals surface area contributed by atoms with Gasteiger partial charge in [-0.05, 0) is 43.8 Å². The quantitative estimate of drug-likeness (QED) is 0.672. The van der Waals surface area contributed by atoms with E-state index in [4.69, 9.17) is 4.74 Å². The van der Waals surface area contributed by atoms with Crippen LogP contribution in [0.15, 0.2) is 60.7 Å². The zero-order valence-electron chi connectivity index (χ0n) is 17.3. The van der Waals surface area contributed by atoms with Gasteiger partial charge in [0.2, 0.25) is 0 Å². The van der Waals surface area contributed by atoms with Gasteiger partial charge in [0.05, 0.1) is 6.04 Å². The van der Waals surface area contributed by atoms with Crippen LogP contribution >= 0.6 is 0 Å². The lowest BCUT2D eigenvalue weighted by Gasteiger charge is -2.27. The number of rotatable bonds is 7. The first-order valence-corrected chi connectivity index (χ1v) is 9.92. The number of hydrogen-bond donors (Lipinski definition) is 0. The summed E-state index contributed by atoms with van der Waals surface area (Å²) in [7, 11) is 4.06. The highest BCUT2D eigenvalue weighted by atomic mass is 16.5. The fourth-order valence-corrected chi connectivity index (χ4v) is 3.47. The first-order valence-electron chi connectivity index (χ1n) is 9.92. The van der Waals surface area contributed by atoms with Gasteiger partial charge in [-0.2, -0.15) is 0 Å². The first kappa shape index (κ1) is 20.2. The zero-order valence-corrected chi connectivity index (χ0v) is 17.3. The van der Waals surface area contributed by atoms with Gasteiger partial charge >= 0.3 is 0 Å². The number of nitrogens with zero attached hydrogens (tertiary/aromatic N) is 2. The third kappa shape index (κ3) is 4.63. The largest absolute Gasteiger partial charge is 0.492 e. The number of carbonyl (C=O) groups is 1. The molecule has 0 radical (unpaired) electrons. The van der Waals surface area contributed by atoms with Crippen LogP contribution in [0.3, 0.4) is 0 Å². The van der Waals surface area contributed by atoms with Gasteiger partial charge in [-0.25, -0.2) is 0 Å². The van der Waals surface area contributed by atoms with Crippen LogP contribution in [0.25, 0.3) is 11.1 Å². The molecule has 2 aromatic rings. The van der Waals surface area contributed by atoms with Crippen molar-refractivity contribution in [3.63, 3.8) is 0 Å². The molecule has 1 atom stereocenters. The van der Waals surface area contributed by atoms with Gasteiger partial charge in [0.25, 0.3) is 5.91 Å². The Bertz CT molecular complexity index is 825. The summed E-state index contributed by atoms with van der Waals surface area (Å²) in [5.41, 5.74) is 2.82. The normalized spacial score (nSPS) is 16.2. The molecule has 0 fully saturated rings. The van der Waals surface area contributed by atoms with E-state index in [1.807, 2.05) is 61.5 Å². The molecule has 3 rings (SSSR count). The van der Waals surface area contributed by atoms with Gasteiger partial charge in [0, 0.05) is 24.2 Å². The van der Waals surface area contributed by atoms with E-state index >= 15 is 0 Å². The maximum atomic E-state index is 12.9. The summed E-state index contributed by atoms with van der Waals surface area (Å²) >= 11 is 0. The lowest BCUT2D eigenvalue weighted by Crippen LogP contribution is -2.38. The van der Waals surface area contributed by atoms with Gasteiger partial charge < -0.3 is 14.5 Å². The number of para-hydroxylation sites is 1. The average molecular weight is 379 g/mol. The van der Waals surface area contributed by atoms with Gasteiger partial charge in [0.15, 0.2) is 0 Å². The third-order valence-corrected chi connectivity index (χ3v) is 5.07. The van der Waals surface area contributed by atoms with Crippen LogP contribution < -0.4 is 4.74 Å². The standard InChI is InChI=1S/C24H30N2O2/c1-18(2)22-9-7-15-26(22)24(27)20-13-11-19(12-14-20)21-8-5-6-10-23(21)28-17-16-25(3)4/h5-14,18,22H,15-17H2,1-4H3/t22-/m1/s1. The lowest BCUT2D eigenvalue weighted by atomic mass is 10.0. The number of likely N-dealkylation sites (N-methyl/N-ethyl adjacent to an activating group) is 1.